The average molecular weight is 289 g/mol. The van der Waals surface area contributed by atoms with Gasteiger partial charge >= 0.3 is 5.97 Å². The summed E-state index contributed by atoms with van der Waals surface area (Å²) in [4.78, 5) is 36.8. The van der Waals surface area contributed by atoms with Crippen LogP contribution in [0.5, 0.6) is 0 Å². The number of rotatable bonds is 4. The second kappa shape index (κ2) is 6.52. The van der Waals surface area contributed by atoms with E-state index in [4.69, 9.17) is 0 Å². The number of ether oxygens (including phenoxy) is 1. The first-order valence-corrected chi connectivity index (χ1v) is 6.98. The number of esters is 1. The van der Waals surface area contributed by atoms with E-state index in [2.05, 4.69) is 4.74 Å². The minimum atomic E-state index is -0.340. The Hall–Kier alpha value is -2.17. The van der Waals surface area contributed by atoms with Gasteiger partial charge in [0.2, 0.25) is 11.8 Å². The second-order valence-corrected chi connectivity index (χ2v) is 5.41. The Balaban J connectivity index is 2.17. The normalized spacial score (nSPS) is 16.2. The molecule has 0 atom stereocenters. The number of piperidine rings is 1. The lowest BCUT2D eigenvalue weighted by atomic mass is 9.96. The molecular weight excluding hydrogens is 270 g/mol. The van der Waals surface area contributed by atoms with E-state index >= 15 is 0 Å². The van der Waals surface area contributed by atoms with E-state index in [9.17, 15) is 14.4 Å². The van der Waals surface area contributed by atoms with Crippen LogP contribution >= 0.6 is 0 Å². The highest BCUT2D eigenvalue weighted by molar-refractivity contribution is 5.97. The molecule has 112 valence electrons. The van der Waals surface area contributed by atoms with Crippen molar-refractivity contribution in [3.8, 4) is 0 Å². The van der Waals surface area contributed by atoms with Gasteiger partial charge in [-0.1, -0.05) is 31.2 Å². The van der Waals surface area contributed by atoms with Crippen LogP contribution in [0.1, 0.15) is 30.9 Å². The molecule has 21 heavy (non-hydrogen) atoms. The lowest BCUT2D eigenvalue weighted by Gasteiger charge is -2.28. The molecule has 1 heterocycles. The van der Waals surface area contributed by atoms with Crippen LogP contribution in [0, 0.1) is 5.92 Å². The first kappa shape index (κ1) is 15.2. The molecule has 2 amide bonds. The molecule has 0 spiro atoms. The molecule has 1 fully saturated rings. The van der Waals surface area contributed by atoms with Crippen LogP contribution < -0.4 is 0 Å². The van der Waals surface area contributed by atoms with Gasteiger partial charge in [-0.15, -0.1) is 0 Å². The number of nitrogens with zero attached hydrogens (tertiary/aromatic N) is 1. The van der Waals surface area contributed by atoms with Crippen LogP contribution in [0.25, 0.3) is 0 Å². The zero-order valence-corrected chi connectivity index (χ0v) is 12.3. The summed E-state index contributed by atoms with van der Waals surface area (Å²) in [5.74, 6) is -0.530. The lowest BCUT2D eigenvalue weighted by molar-refractivity contribution is -0.150. The molecule has 0 N–H and O–H groups in total. The topological polar surface area (TPSA) is 63.7 Å². The Bertz CT molecular complexity index is 549. The summed E-state index contributed by atoms with van der Waals surface area (Å²) in [6, 6.07) is 7.30. The minimum Gasteiger partial charge on any atom is -0.469 e. The summed E-state index contributed by atoms with van der Waals surface area (Å²) in [5.41, 5.74) is 1.59. The third-order valence-electron chi connectivity index (χ3n) is 3.66. The molecule has 0 unspecified atom stereocenters. The fourth-order valence-corrected chi connectivity index (χ4v) is 2.49. The summed E-state index contributed by atoms with van der Waals surface area (Å²) in [7, 11) is 1.34. The Labute approximate surface area is 123 Å². The predicted octanol–water partition coefficient (Wildman–Crippen LogP) is 1.69. The Kier molecular flexibility index (Phi) is 4.73. The smallest absolute Gasteiger partial charge is 0.309 e. The van der Waals surface area contributed by atoms with E-state index in [1.165, 1.54) is 12.0 Å². The van der Waals surface area contributed by atoms with Crippen LogP contribution in [-0.4, -0.2) is 29.8 Å². The van der Waals surface area contributed by atoms with Gasteiger partial charge in [0.1, 0.15) is 0 Å². The van der Waals surface area contributed by atoms with E-state index in [0.29, 0.717) is 12.8 Å². The molecule has 1 aliphatic rings. The summed E-state index contributed by atoms with van der Waals surface area (Å²) in [6.45, 7) is 2.12. The maximum Gasteiger partial charge on any atom is 0.309 e. The van der Waals surface area contributed by atoms with Crippen molar-refractivity contribution in [2.75, 3.05) is 7.11 Å². The van der Waals surface area contributed by atoms with Crippen LogP contribution in [0.2, 0.25) is 0 Å². The molecule has 0 radical (unpaired) electrons. The third kappa shape index (κ3) is 3.68. The second-order valence-electron chi connectivity index (χ2n) is 5.41. The van der Waals surface area contributed by atoms with E-state index in [-0.39, 0.29) is 36.7 Å². The SMILES string of the molecule is COC(=O)Cc1ccccc1CN1C(=O)CC(C)CC1=O. The number of methoxy groups -OCH3 is 1. The van der Waals surface area contributed by atoms with E-state index in [1.54, 1.807) is 0 Å². The molecule has 0 aliphatic carbocycles. The largest absolute Gasteiger partial charge is 0.469 e. The van der Waals surface area contributed by atoms with Crippen molar-refractivity contribution in [3.63, 3.8) is 0 Å². The monoisotopic (exact) mass is 289 g/mol. The minimum absolute atomic E-state index is 0.103. The lowest BCUT2D eigenvalue weighted by Crippen LogP contribution is -2.42. The molecule has 1 aromatic rings. The molecular formula is C16H19NO4. The Morgan fingerprint density at radius 2 is 1.76 bits per heavy atom. The quantitative estimate of drug-likeness (QED) is 0.625. The summed E-state index contributed by atoms with van der Waals surface area (Å²) >= 11 is 0. The van der Waals surface area contributed by atoms with E-state index in [0.717, 1.165) is 11.1 Å². The third-order valence-corrected chi connectivity index (χ3v) is 3.66. The number of imide groups is 1. The fourth-order valence-electron chi connectivity index (χ4n) is 2.49. The van der Waals surface area contributed by atoms with Crippen LogP contribution in [0.3, 0.4) is 0 Å². The van der Waals surface area contributed by atoms with Crippen molar-refractivity contribution in [1.82, 2.24) is 4.90 Å². The number of carbonyl (C=O) groups is 3. The molecule has 1 aliphatic heterocycles. The van der Waals surface area contributed by atoms with Crippen molar-refractivity contribution >= 4 is 17.8 Å². The highest BCUT2D eigenvalue weighted by Gasteiger charge is 2.30. The predicted molar refractivity (Wildman–Crippen MR) is 76.1 cm³/mol. The first-order valence-electron chi connectivity index (χ1n) is 6.98. The van der Waals surface area contributed by atoms with E-state index in [1.807, 2.05) is 31.2 Å². The standard InChI is InChI=1S/C16H19NO4/c1-11-7-14(18)17(15(19)8-11)10-13-6-4-3-5-12(13)9-16(20)21-2/h3-6,11H,7-10H2,1-2H3. The van der Waals surface area contributed by atoms with Gasteiger partial charge in [0.25, 0.3) is 0 Å². The molecule has 5 heteroatoms. The van der Waals surface area contributed by atoms with Crippen molar-refractivity contribution in [1.29, 1.82) is 0 Å². The molecule has 0 aromatic heterocycles. The van der Waals surface area contributed by atoms with Crippen LogP contribution in [-0.2, 0) is 32.1 Å². The molecule has 0 saturated carbocycles. The molecule has 1 aromatic carbocycles. The summed E-state index contributed by atoms with van der Waals surface area (Å²) < 4.78 is 4.67. The molecule has 2 rings (SSSR count). The van der Waals surface area contributed by atoms with Gasteiger partial charge in [-0.3, -0.25) is 19.3 Å². The van der Waals surface area contributed by atoms with Crippen LogP contribution in [0.15, 0.2) is 24.3 Å². The summed E-state index contributed by atoms with van der Waals surface area (Å²) in [6.07, 6.45) is 0.926. The van der Waals surface area contributed by atoms with Gasteiger partial charge in [0.15, 0.2) is 0 Å². The number of likely N-dealkylation sites (tertiary alicyclic amines) is 1. The molecule has 1 saturated heterocycles. The zero-order chi connectivity index (χ0) is 15.4. The van der Waals surface area contributed by atoms with Gasteiger partial charge in [-0.2, -0.15) is 0 Å². The highest BCUT2D eigenvalue weighted by atomic mass is 16.5. The number of carbonyl (C=O) groups excluding carboxylic acids is 3. The maximum atomic E-state index is 12.0. The molecule has 5 nitrogen and oxygen atoms in total. The number of hydrogen-bond acceptors (Lipinski definition) is 4. The fraction of sp³-hybridized carbons (Fsp3) is 0.438. The maximum absolute atomic E-state index is 12.0. The van der Waals surface area contributed by atoms with Gasteiger partial charge in [-0.25, -0.2) is 0 Å². The van der Waals surface area contributed by atoms with Crippen molar-refractivity contribution in [2.24, 2.45) is 5.92 Å². The number of benzene rings is 1. The Morgan fingerprint density at radius 1 is 1.19 bits per heavy atom. The van der Waals surface area contributed by atoms with E-state index < -0.39 is 0 Å². The van der Waals surface area contributed by atoms with Gasteiger partial charge < -0.3 is 4.74 Å². The van der Waals surface area contributed by atoms with Crippen molar-refractivity contribution in [2.45, 2.75) is 32.7 Å². The van der Waals surface area contributed by atoms with Crippen molar-refractivity contribution in [3.05, 3.63) is 35.4 Å². The number of amides is 2. The van der Waals surface area contributed by atoms with Gasteiger partial charge in [0.05, 0.1) is 20.1 Å². The zero-order valence-electron chi connectivity index (χ0n) is 12.3. The highest BCUT2D eigenvalue weighted by Crippen LogP contribution is 2.22. The van der Waals surface area contributed by atoms with Gasteiger partial charge in [-0.05, 0) is 17.0 Å². The van der Waals surface area contributed by atoms with Crippen LogP contribution in [0.4, 0.5) is 0 Å². The molecule has 0 bridgehead atoms. The first-order chi connectivity index (χ1) is 10.0. The number of hydrogen-bond donors (Lipinski definition) is 0. The van der Waals surface area contributed by atoms with Crippen molar-refractivity contribution < 1.29 is 19.1 Å². The Morgan fingerprint density at radius 3 is 2.33 bits per heavy atom. The average Bonchev–Trinajstić information content (AvgIpc) is 2.44. The van der Waals surface area contributed by atoms with Gasteiger partial charge in [0, 0.05) is 12.8 Å². The summed E-state index contributed by atoms with van der Waals surface area (Å²) in [5, 5.41) is 0.